The van der Waals surface area contributed by atoms with Crippen LogP contribution in [0.25, 0.3) is 44.5 Å². The van der Waals surface area contributed by atoms with Crippen LogP contribution in [0.15, 0.2) is 102 Å². The normalized spacial score (nSPS) is 16.0. The van der Waals surface area contributed by atoms with Gasteiger partial charge < -0.3 is 14.4 Å². The van der Waals surface area contributed by atoms with Gasteiger partial charge in [0.25, 0.3) is 0 Å². The monoisotopic (exact) mass is 715 g/mol. The molecule has 0 saturated carbocycles. The van der Waals surface area contributed by atoms with E-state index in [0.29, 0.717) is 0 Å². The van der Waals surface area contributed by atoms with Crippen molar-refractivity contribution in [2.75, 3.05) is 0 Å². The average Bonchev–Trinajstić information content (AvgIpc) is 3.40. The smallest absolute Gasteiger partial charge is 0.120 e. The minimum atomic E-state index is 0. The van der Waals surface area contributed by atoms with Gasteiger partial charge in [0.05, 0.1) is 5.58 Å². The van der Waals surface area contributed by atoms with E-state index in [-0.39, 0.29) is 36.4 Å². The summed E-state index contributed by atoms with van der Waals surface area (Å²) in [6, 6.07) is 35.1. The molecule has 41 heavy (non-hydrogen) atoms. The van der Waals surface area contributed by atoms with E-state index in [1.54, 1.807) is 6.20 Å². The molecular formula is C37H34IrN2O-2. The number of nitrogens with zero attached hydrogens (tertiary/aromatic N) is 2. The van der Waals surface area contributed by atoms with Crippen LogP contribution >= 0.6 is 0 Å². The number of hydrogen-bond acceptors (Lipinski definition) is 3. The van der Waals surface area contributed by atoms with E-state index in [2.05, 4.69) is 87.9 Å². The van der Waals surface area contributed by atoms with Crippen LogP contribution in [0.3, 0.4) is 0 Å². The minimum Gasteiger partial charge on any atom is -0.501 e. The summed E-state index contributed by atoms with van der Waals surface area (Å²) >= 11 is 0. The number of aromatic nitrogens is 2. The van der Waals surface area contributed by atoms with E-state index in [9.17, 15) is 0 Å². The van der Waals surface area contributed by atoms with Crippen LogP contribution in [0, 0.1) is 17.5 Å². The van der Waals surface area contributed by atoms with E-state index < -0.39 is 0 Å². The quantitative estimate of drug-likeness (QED) is 0.168. The summed E-state index contributed by atoms with van der Waals surface area (Å²) in [4.78, 5) is 8.84. The van der Waals surface area contributed by atoms with Crippen molar-refractivity contribution in [1.82, 2.24) is 9.97 Å². The van der Waals surface area contributed by atoms with Gasteiger partial charge in [0, 0.05) is 37.9 Å². The molecule has 3 nitrogen and oxygen atoms in total. The summed E-state index contributed by atoms with van der Waals surface area (Å²) in [6.45, 7) is 14.2. The van der Waals surface area contributed by atoms with E-state index >= 15 is 0 Å². The fraction of sp³-hybridized carbons (Fsp3) is 0.243. The predicted molar refractivity (Wildman–Crippen MR) is 164 cm³/mol. The number of para-hydroxylation sites is 1. The number of furan rings is 1. The first-order valence-electron chi connectivity index (χ1n) is 13.8. The molecule has 0 spiro atoms. The molecule has 0 fully saturated rings. The van der Waals surface area contributed by atoms with Crippen molar-refractivity contribution in [3.8, 4) is 22.5 Å². The molecule has 3 aromatic heterocycles. The van der Waals surface area contributed by atoms with Crippen molar-refractivity contribution in [1.29, 1.82) is 0 Å². The molecule has 3 heterocycles. The molecule has 4 heteroatoms. The Labute approximate surface area is 256 Å². The minimum absolute atomic E-state index is 0. The molecule has 7 rings (SSSR count). The van der Waals surface area contributed by atoms with E-state index in [4.69, 9.17) is 4.42 Å². The number of benzene rings is 3. The standard InChI is InChI=1S/C20H24N.C17H10NO.Ir/c1-18(2)15-11-10-14(17-9-7-8-12-21-17)13-16(15)19(3,4)20(18,5)6;1-2-10-16-12(6-1)13-7-5-8-14(17(13)19-16)15-9-3-4-11-18-15;/h7-9,11-13H,1-6H3;1-7,9-11H;/q2*-1;. The predicted octanol–water partition coefficient (Wildman–Crippen LogP) is 9.59. The molecule has 0 saturated heterocycles. The second-order valence-electron chi connectivity index (χ2n) is 12.2. The summed E-state index contributed by atoms with van der Waals surface area (Å²) in [6.07, 6.45) is 3.63. The van der Waals surface area contributed by atoms with Crippen molar-refractivity contribution in [2.45, 2.75) is 52.4 Å². The maximum atomic E-state index is 5.97. The average molecular weight is 715 g/mol. The van der Waals surface area contributed by atoms with Crippen molar-refractivity contribution >= 4 is 21.9 Å². The molecule has 0 aliphatic heterocycles. The van der Waals surface area contributed by atoms with Gasteiger partial charge in [-0.15, -0.1) is 53.1 Å². The Kier molecular flexibility index (Phi) is 7.53. The second-order valence-corrected chi connectivity index (χ2v) is 12.2. The van der Waals surface area contributed by atoms with Crippen molar-refractivity contribution < 1.29 is 24.5 Å². The third-order valence-corrected chi connectivity index (χ3v) is 9.62. The Hall–Kier alpha value is -3.59. The molecule has 0 bridgehead atoms. The Morgan fingerprint density at radius 1 is 0.659 bits per heavy atom. The van der Waals surface area contributed by atoms with Crippen molar-refractivity contribution in [3.63, 3.8) is 0 Å². The van der Waals surface area contributed by atoms with Gasteiger partial charge in [-0.3, -0.25) is 0 Å². The van der Waals surface area contributed by atoms with Crippen LogP contribution in [0.1, 0.15) is 52.7 Å². The molecule has 3 aromatic carbocycles. The van der Waals surface area contributed by atoms with Gasteiger partial charge in [-0.25, -0.2) is 0 Å². The number of fused-ring (bicyclic) bond motifs is 4. The molecule has 1 aliphatic rings. The van der Waals surface area contributed by atoms with Crippen LogP contribution in [0.2, 0.25) is 0 Å². The third-order valence-electron chi connectivity index (χ3n) is 9.62. The van der Waals surface area contributed by atoms with Gasteiger partial charge in [-0.05, 0) is 45.8 Å². The molecule has 0 N–H and O–H groups in total. The Morgan fingerprint density at radius 2 is 1.29 bits per heavy atom. The van der Waals surface area contributed by atoms with Gasteiger partial charge >= 0.3 is 0 Å². The van der Waals surface area contributed by atoms with E-state index in [1.807, 2.05) is 66.9 Å². The fourth-order valence-electron chi connectivity index (χ4n) is 6.04. The summed E-state index contributed by atoms with van der Waals surface area (Å²) in [5.41, 5.74) is 8.97. The fourth-order valence-corrected chi connectivity index (χ4v) is 6.04. The van der Waals surface area contributed by atoms with Gasteiger partial charge in [-0.1, -0.05) is 95.0 Å². The molecule has 0 unspecified atom stereocenters. The van der Waals surface area contributed by atoms with Gasteiger partial charge in [0.1, 0.15) is 5.58 Å². The number of pyridine rings is 2. The first kappa shape index (κ1) is 28.9. The second kappa shape index (κ2) is 10.7. The molecule has 209 valence electrons. The molecule has 1 aliphatic carbocycles. The first-order chi connectivity index (χ1) is 19.1. The first-order valence-corrected chi connectivity index (χ1v) is 13.8. The topological polar surface area (TPSA) is 38.9 Å². The molecular weight excluding hydrogens is 681 g/mol. The van der Waals surface area contributed by atoms with Gasteiger partial charge in [0.15, 0.2) is 0 Å². The molecule has 0 amide bonds. The Morgan fingerprint density at radius 3 is 1.98 bits per heavy atom. The Balaban J connectivity index is 0.000000161. The third kappa shape index (κ3) is 4.64. The molecule has 6 aromatic rings. The number of rotatable bonds is 2. The molecule has 1 radical (unpaired) electrons. The maximum Gasteiger partial charge on any atom is 0.120 e. The van der Waals surface area contributed by atoms with Crippen LogP contribution in [-0.4, -0.2) is 9.97 Å². The maximum absolute atomic E-state index is 5.97. The van der Waals surface area contributed by atoms with E-state index in [0.717, 1.165) is 44.5 Å². The zero-order valence-corrected chi connectivity index (χ0v) is 26.8. The summed E-state index contributed by atoms with van der Waals surface area (Å²) < 4.78 is 5.97. The number of hydrogen-bond donors (Lipinski definition) is 0. The van der Waals surface area contributed by atoms with Crippen molar-refractivity contribution in [2.24, 2.45) is 5.41 Å². The summed E-state index contributed by atoms with van der Waals surface area (Å²) in [7, 11) is 0. The van der Waals surface area contributed by atoms with Crippen LogP contribution in [-0.2, 0) is 30.9 Å². The summed E-state index contributed by atoms with van der Waals surface area (Å²) in [5, 5.41) is 2.23. The van der Waals surface area contributed by atoms with Crippen LogP contribution in [0.5, 0.6) is 0 Å². The molecule has 0 atom stereocenters. The SMILES string of the molecule is CC1(C)c2c[c-]c(-c3ccccn3)cc2C(C)(C)C1(C)C.[Ir].[c-]1ccc2c(oc3ccccc32)c1-c1ccccn1. The van der Waals surface area contributed by atoms with Crippen LogP contribution < -0.4 is 0 Å². The zero-order valence-electron chi connectivity index (χ0n) is 24.4. The van der Waals surface area contributed by atoms with Gasteiger partial charge in [0.2, 0.25) is 0 Å². The van der Waals surface area contributed by atoms with Crippen LogP contribution in [0.4, 0.5) is 0 Å². The van der Waals surface area contributed by atoms with Crippen molar-refractivity contribution in [3.05, 3.63) is 121 Å². The largest absolute Gasteiger partial charge is 0.501 e. The Bertz CT molecular complexity index is 1820. The van der Waals surface area contributed by atoms with E-state index in [1.165, 1.54) is 11.1 Å². The summed E-state index contributed by atoms with van der Waals surface area (Å²) in [5.74, 6) is 0. The van der Waals surface area contributed by atoms with Gasteiger partial charge in [-0.2, -0.15) is 0 Å². The zero-order chi connectivity index (χ0) is 28.1.